The largest absolute Gasteiger partial charge is 0.352 e. The minimum Gasteiger partial charge on any atom is -0.352 e. The van der Waals surface area contributed by atoms with Crippen molar-refractivity contribution in [2.45, 2.75) is 32.9 Å². The third-order valence-corrected chi connectivity index (χ3v) is 2.71. The fourth-order valence-electron chi connectivity index (χ4n) is 1.32. The minimum absolute atomic E-state index is 0.000246. The zero-order valence-electron chi connectivity index (χ0n) is 10.8. The van der Waals surface area contributed by atoms with Crippen LogP contribution in [0.4, 0.5) is 0 Å². The lowest BCUT2D eigenvalue weighted by Gasteiger charge is -2.16. The summed E-state index contributed by atoms with van der Waals surface area (Å²) in [5.41, 5.74) is -0.00152. The number of nitrogens with zero attached hydrogens (tertiary/aromatic N) is 1. The highest BCUT2D eigenvalue weighted by atomic mass is 35.5. The summed E-state index contributed by atoms with van der Waals surface area (Å²) >= 11 is 11.6. The molecule has 19 heavy (non-hydrogen) atoms. The van der Waals surface area contributed by atoms with Gasteiger partial charge in [-0.15, -0.1) is 0 Å². The van der Waals surface area contributed by atoms with E-state index in [2.05, 4.69) is 15.6 Å². The van der Waals surface area contributed by atoms with E-state index >= 15 is 0 Å². The van der Waals surface area contributed by atoms with Gasteiger partial charge < -0.3 is 10.6 Å². The van der Waals surface area contributed by atoms with Gasteiger partial charge in [-0.1, -0.05) is 23.2 Å². The predicted molar refractivity (Wildman–Crippen MR) is 74.5 cm³/mol. The molecule has 0 saturated carbocycles. The highest BCUT2D eigenvalue weighted by molar-refractivity contribution is 6.34. The van der Waals surface area contributed by atoms with Crippen LogP contribution in [0.3, 0.4) is 0 Å². The van der Waals surface area contributed by atoms with E-state index in [4.69, 9.17) is 23.2 Å². The molecule has 7 heteroatoms. The normalized spacial score (nSPS) is 12.1. The van der Waals surface area contributed by atoms with Crippen molar-refractivity contribution in [3.63, 3.8) is 0 Å². The zero-order valence-corrected chi connectivity index (χ0v) is 12.3. The van der Waals surface area contributed by atoms with Gasteiger partial charge in [0.05, 0.1) is 5.02 Å². The SMILES string of the molecule is CC(C)NC(=O)C(C)NC(=O)c1nc(Cl)ccc1Cl. The summed E-state index contributed by atoms with van der Waals surface area (Å²) in [5.74, 6) is -0.819. The smallest absolute Gasteiger partial charge is 0.272 e. The molecular formula is C12H15Cl2N3O2. The molecule has 1 rings (SSSR count). The van der Waals surface area contributed by atoms with E-state index in [1.165, 1.54) is 12.1 Å². The first-order valence-electron chi connectivity index (χ1n) is 5.74. The molecule has 0 aliphatic rings. The molecule has 1 atom stereocenters. The number of hydrogen-bond acceptors (Lipinski definition) is 3. The Morgan fingerprint density at radius 3 is 2.37 bits per heavy atom. The molecule has 1 aromatic heterocycles. The van der Waals surface area contributed by atoms with Gasteiger partial charge in [-0.3, -0.25) is 9.59 Å². The molecule has 104 valence electrons. The van der Waals surface area contributed by atoms with Crippen LogP contribution in [0.5, 0.6) is 0 Å². The lowest BCUT2D eigenvalue weighted by molar-refractivity contribution is -0.123. The number of pyridine rings is 1. The second-order valence-electron chi connectivity index (χ2n) is 4.32. The summed E-state index contributed by atoms with van der Waals surface area (Å²) < 4.78 is 0. The van der Waals surface area contributed by atoms with Crippen LogP contribution in [-0.2, 0) is 4.79 Å². The molecule has 1 heterocycles. The Bertz CT molecular complexity index is 492. The number of nitrogens with one attached hydrogen (secondary N) is 2. The van der Waals surface area contributed by atoms with E-state index in [0.717, 1.165) is 0 Å². The maximum absolute atomic E-state index is 11.9. The van der Waals surface area contributed by atoms with Crippen molar-refractivity contribution in [1.82, 2.24) is 15.6 Å². The van der Waals surface area contributed by atoms with Gasteiger partial charge in [0.25, 0.3) is 5.91 Å². The van der Waals surface area contributed by atoms with Crippen LogP contribution in [0, 0.1) is 0 Å². The second-order valence-corrected chi connectivity index (χ2v) is 5.12. The van der Waals surface area contributed by atoms with Crippen LogP contribution in [0.2, 0.25) is 10.2 Å². The van der Waals surface area contributed by atoms with Gasteiger partial charge in [0, 0.05) is 6.04 Å². The van der Waals surface area contributed by atoms with Crippen molar-refractivity contribution in [2.75, 3.05) is 0 Å². The summed E-state index contributed by atoms with van der Waals surface area (Å²) in [4.78, 5) is 27.4. The summed E-state index contributed by atoms with van der Waals surface area (Å²) in [6, 6.07) is 2.27. The molecule has 0 radical (unpaired) electrons. The summed E-state index contributed by atoms with van der Waals surface area (Å²) in [6.45, 7) is 5.25. The van der Waals surface area contributed by atoms with Crippen LogP contribution in [-0.4, -0.2) is 28.9 Å². The molecule has 2 N–H and O–H groups in total. The topological polar surface area (TPSA) is 71.1 Å². The maximum atomic E-state index is 11.9. The van der Waals surface area contributed by atoms with Gasteiger partial charge in [-0.2, -0.15) is 0 Å². The van der Waals surface area contributed by atoms with Crippen LogP contribution in [0.25, 0.3) is 0 Å². The van der Waals surface area contributed by atoms with Gasteiger partial charge in [0.1, 0.15) is 16.9 Å². The van der Waals surface area contributed by atoms with Crippen LogP contribution < -0.4 is 10.6 Å². The quantitative estimate of drug-likeness (QED) is 0.836. The van der Waals surface area contributed by atoms with Gasteiger partial charge in [0.15, 0.2) is 0 Å². The number of carbonyl (C=O) groups is 2. The van der Waals surface area contributed by atoms with E-state index < -0.39 is 11.9 Å². The van der Waals surface area contributed by atoms with Crippen molar-refractivity contribution >= 4 is 35.0 Å². The van der Waals surface area contributed by atoms with E-state index in [1.807, 2.05) is 13.8 Å². The minimum atomic E-state index is -0.688. The van der Waals surface area contributed by atoms with Crippen LogP contribution in [0.15, 0.2) is 12.1 Å². The van der Waals surface area contributed by atoms with Crippen LogP contribution in [0.1, 0.15) is 31.3 Å². The molecule has 0 aliphatic heterocycles. The molecule has 0 aromatic carbocycles. The summed E-state index contributed by atoms with van der Waals surface area (Å²) in [7, 11) is 0. The fourth-order valence-corrected chi connectivity index (χ4v) is 1.66. The number of hydrogen-bond donors (Lipinski definition) is 2. The van der Waals surface area contributed by atoms with Crippen molar-refractivity contribution in [3.05, 3.63) is 28.0 Å². The lowest BCUT2D eigenvalue weighted by atomic mass is 10.2. The Labute approximate surface area is 121 Å². The maximum Gasteiger partial charge on any atom is 0.272 e. The zero-order chi connectivity index (χ0) is 14.6. The van der Waals surface area contributed by atoms with Crippen molar-refractivity contribution in [2.24, 2.45) is 0 Å². The molecule has 1 aromatic rings. The van der Waals surface area contributed by atoms with E-state index in [1.54, 1.807) is 6.92 Å². The molecule has 0 saturated heterocycles. The highest BCUT2D eigenvalue weighted by Crippen LogP contribution is 2.16. The van der Waals surface area contributed by atoms with Crippen LogP contribution >= 0.6 is 23.2 Å². The number of aromatic nitrogens is 1. The Balaban J connectivity index is 2.74. The Morgan fingerprint density at radius 1 is 1.16 bits per heavy atom. The summed E-state index contributed by atoms with van der Waals surface area (Å²) in [6.07, 6.45) is 0. The Morgan fingerprint density at radius 2 is 1.79 bits per heavy atom. The van der Waals surface area contributed by atoms with Gasteiger partial charge in [-0.25, -0.2) is 4.98 Å². The molecule has 0 bridgehead atoms. The van der Waals surface area contributed by atoms with Gasteiger partial charge >= 0.3 is 0 Å². The number of rotatable bonds is 4. The predicted octanol–water partition coefficient (Wildman–Crippen LogP) is 2.03. The van der Waals surface area contributed by atoms with E-state index in [0.29, 0.717) is 0 Å². The summed E-state index contributed by atoms with van der Waals surface area (Å²) in [5, 5.41) is 5.55. The molecule has 2 amide bonds. The van der Waals surface area contributed by atoms with Crippen molar-refractivity contribution in [3.8, 4) is 0 Å². The highest BCUT2D eigenvalue weighted by Gasteiger charge is 2.19. The number of amides is 2. The van der Waals surface area contributed by atoms with E-state index in [9.17, 15) is 9.59 Å². The average Bonchev–Trinajstić information content (AvgIpc) is 2.31. The lowest BCUT2D eigenvalue weighted by Crippen LogP contribution is -2.47. The van der Waals surface area contributed by atoms with Gasteiger partial charge in [-0.05, 0) is 32.9 Å². The molecule has 5 nitrogen and oxygen atoms in total. The first-order chi connectivity index (χ1) is 8.81. The Hall–Kier alpha value is -1.33. The second kappa shape index (κ2) is 6.73. The Kier molecular flexibility index (Phi) is 5.57. The first-order valence-corrected chi connectivity index (χ1v) is 6.50. The van der Waals surface area contributed by atoms with Gasteiger partial charge in [0.2, 0.25) is 5.91 Å². The number of carbonyl (C=O) groups excluding carboxylic acids is 2. The average molecular weight is 304 g/mol. The fraction of sp³-hybridized carbons (Fsp3) is 0.417. The van der Waals surface area contributed by atoms with Crippen molar-refractivity contribution in [1.29, 1.82) is 0 Å². The standard InChI is InChI=1S/C12H15Cl2N3O2/c1-6(2)15-11(18)7(3)16-12(19)10-8(13)4-5-9(14)17-10/h4-7H,1-3H3,(H,15,18)(H,16,19). The third kappa shape index (κ3) is 4.69. The molecule has 0 spiro atoms. The number of halogens is 2. The third-order valence-electron chi connectivity index (χ3n) is 2.20. The van der Waals surface area contributed by atoms with E-state index in [-0.39, 0.29) is 27.8 Å². The first kappa shape index (κ1) is 15.7. The monoisotopic (exact) mass is 303 g/mol. The molecule has 0 aliphatic carbocycles. The van der Waals surface area contributed by atoms with Crippen molar-refractivity contribution < 1.29 is 9.59 Å². The molecule has 1 unspecified atom stereocenters. The molecule has 0 fully saturated rings. The molecular weight excluding hydrogens is 289 g/mol.